The molecule has 19 heavy (non-hydrogen) atoms. The maximum atomic E-state index is 4.76. The van der Waals surface area contributed by atoms with Crippen LogP contribution >= 0.6 is 0 Å². The zero-order valence-corrected chi connectivity index (χ0v) is 11.2. The average Bonchev–Trinajstić information content (AvgIpc) is 2.79. The van der Waals surface area contributed by atoms with E-state index in [1.165, 1.54) is 5.56 Å². The fourth-order valence-corrected chi connectivity index (χ4v) is 2.51. The minimum absolute atomic E-state index is 0.110. The summed E-state index contributed by atoms with van der Waals surface area (Å²) in [6.45, 7) is 0. The summed E-state index contributed by atoms with van der Waals surface area (Å²) >= 11 is 0. The summed E-state index contributed by atoms with van der Waals surface area (Å²) in [5.74, 6) is 1.04. The third-order valence-corrected chi connectivity index (χ3v) is 3.50. The highest BCUT2D eigenvalue weighted by Crippen LogP contribution is 2.24. The van der Waals surface area contributed by atoms with Crippen LogP contribution in [-0.2, 0) is 7.05 Å². The van der Waals surface area contributed by atoms with E-state index in [9.17, 15) is 0 Å². The Morgan fingerprint density at radius 3 is 2.37 bits per heavy atom. The number of nitrogens with one attached hydrogen (secondary N) is 1. The second kappa shape index (κ2) is 4.86. The number of aromatic nitrogens is 2. The van der Waals surface area contributed by atoms with E-state index in [0.29, 0.717) is 0 Å². The maximum Gasteiger partial charge on any atom is 0.131 e. The first-order chi connectivity index (χ1) is 9.31. The van der Waals surface area contributed by atoms with Gasteiger partial charge in [-0.1, -0.05) is 42.5 Å². The molecule has 0 bridgehead atoms. The monoisotopic (exact) mass is 251 g/mol. The van der Waals surface area contributed by atoms with Gasteiger partial charge < -0.3 is 9.88 Å². The molecule has 1 N–H and O–H groups in total. The molecule has 1 heterocycles. The van der Waals surface area contributed by atoms with Gasteiger partial charge in [-0.3, -0.25) is 0 Å². The fourth-order valence-electron chi connectivity index (χ4n) is 2.51. The summed E-state index contributed by atoms with van der Waals surface area (Å²) in [6.07, 6.45) is 0. The molecule has 3 rings (SSSR count). The van der Waals surface area contributed by atoms with Gasteiger partial charge in [0.25, 0.3) is 0 Å². The molecule has 3 heteroatoms. The first-order valence-electron chi connectivity index (χ1n) is 6.45. The Kier molecular flexibility index (Phi) is 3.05. The first-order valence-corrected chi connectivity index (χ1v) is 6.45. The predicted octanol–water partition coefficient (Wildman–Crippen LogP) is 2.88. The van der Waals surface area contributed by atoms with E-state index in [0.717, 1.165) is 16.9 Å². The SMILES string of the molecule is CNC(c1ccccc1)c1nc2ccccc2n1C. The fraction of sp³-hybridized carbons (Fsp3) is 0.188. The van der Waals surface area contributed by atoms with Crippen LogP contribution in [0.15, 0.2) is 54.6 Å². The van der Waals surface area contributed by atoms with Crippen molar-refractivity contribution in [2.24, 2.45) is 7.05 Å². The average molecular weight is 251 g/mol. The van der Waals surface area contributed by atoms with Crippen LogP contribution in [0.5, 0.6) is 0 Å². The van der Waals surface area contributed by atoms with Crippen LogP contribution in [0, 0.1) is 0 Å². The molecule has 0 saturated heterocycles. The molecule has 1 unspecified atom stereocenters. The molecule has 0 amide bonds. The lowest BCUT2D eigenvalue weighted by Gasteiger charge is -2.16. The molecule has 0 radical (unpaired) electrons. The minimum Gasteiger partial charge on any atom is -0.330 e. The number of para-hydroxylation sites is 2. The molecule has 0 aliphatic carbocycles. The summed E-state index contributed by atoms with van der Waals surface area (Å²) in [4.78, 5) is 4.76. The van der Waals surface area contributed by atoms with Gasteiger partial charge in [0.15, 0.2) is 0 Å². The Morgan fingerprint density at radius 2 is 1.68 bits per heavy atom. The number of rotatable bonds is 3. The second-order valence-electron chi connectivity index (χ2n) is 4.65. The molecule has 0 aliphatic heterocycles. The van der Waals surface area contributed by atoms with E-state index in [2.05, 4.69) is 53.3 Å². The molecular weight excluding hydrogens is 234 g/mol. The number of nitrogens with zero attached hydrogens (tertiary/aromatic N) is 2. The summed E-state index contributed by atoms with van der Waals surface area (Å²) in [5.41, 5.74) is 3.42. The molecule has 3 nitrogen and oxygen atoms in total. The molecule has 3 aromatic rings. The third kappa shape index (κ3) is 2.02. The van der Waals surface area contributed by atoms with Crippen molar-refractivity contribution in [3.05, 3.63) is 66.0 Å². The van der Waals surface area contributed by atoms with Crippen molar-refractivity contribution in [3.63, 3.8) is 0 Å². The lowest BCUT2D eigenvalue weighted by Crippen LogP contribution is -2.21. The Bertz CT molecular complexity index is 686. The highest BCUT2D eigenvalue weighted by atomic mass is 15.1. The van der Waals surface area contributed by atoms with Gasteiger partial charge in [-0.05, 0) is 24.7 Å². The van der Waals surface area contributed by atoms with Crippen LogP contribution in [0.1, 0.15) is 17.4 Å². The van der Waals surface area contributed by atoms with E-state index in [1.807, 2.05) is 25.2 Å². The zero-order chi connectivity index (χ0) is 13.2. The lowest BCUT2D eigenvalue weighted by atomic mass is 10.1. The number of imidazole rings is 1. The van der Waals surface area contributed by atoms with Gasteiger partial charge in [-0.2, -0.15) is 0 Å². The van der Waals surface area contributed by atoms with Crippen LogP contribution in [-0.4, -0.2) is 16.6 Å². The summed E-state index contributed by atoms with van der Waals surface area (Å²) in [5, 5.41) is 3.35. The number of fused-ring (bicyclic) bond motifs is 1. The summed E-state index contributed by atoms with van der Waals surface area (Å²) < 4.78 is 2.16. The summed E-state index contributed by atoms with van der Waals surface area (Å²) in [6, 6.07) is 18.7. The molecule has 0 saturated carbocycles. The van der Waals surface area contributed by atoms with Gasteiger partial charge in [0.2, 0.25) is 0 Å². The van der Waals surface area contributed by atoms with Crippen molar-refractivity contribution in [2.75, 3.05) is 7.05 Å². The molecule has 0 aliphatic rings. The summed E-state index contributed by atoms with van der Waals surface area (Å²) in [7, 11) is 4.04. The van der Waals surface area contributed by atoms with E-state index >= 15 is 0 Å². The van der Waals surface area contributed by atoms with Gasteiger partial charge in [0.05, 0.1) is 17.1 Å². The normalized spacial score (nSPS) is 12.7. The Labute approximate surface area is 112 Å². The Balaban J connectivity index is 2.14. The van der Waals surface area contributed by atoms with Crippen LogP contribution < -0.4 is 5.32 Å². The smallest absolute Gasteiger partial charge is 0.131 e. The van der Waals surface area contributed by atoms with Crippen LogP contribution in [0.3, 0.4) is 0 Å². The second-order valence-corrected chi connectivity index (χ2v) is 4.65. The Hall–Kier alpha value is -2.13. The van der Waals surface area contributed by atoms with Crippen LogP contribution in [0.25, 0.3) is 11.0 Å². The zero-order valence-electron chi connectivity index (χ0n) is 11.2. The van der Waals surface area contributed by atoms with Crippen molar-refractivity contribution >= 4 is 11.0 Å². The maximum absolute atomic E-state index is 4.76. The molecular formula is C16H17N3. The quantitative estimate of drug-likeness (QED) is 0.775. The van der Waals surface area contributed by atoms with E-state index in [4.69, 9.17) is 4.98 Å². The predicted molar refractivity (Wildman–Crippen MR) is 78.1 cm³/mol. The van der Waals surface area contributed by atoms with Gasteiger partial charge >= 0.3 is 0 Å². The number of hydrogen-bond donors (Lipinski definition) is 1. The number of benzene rings is 2. The van der Waals surface area contributed by atoms with Gasteiger partial charge in [0, 0.05) is 7.05 Å². The van der Waals surface area contributed by atoms with E-state index in [-0.39, 0.29) is 6.04 Å². The van der Waals surface area contributed by atoms with Crippen LogP contribution in [0.4, 0.5) is 0 Å². The van der Waals surface area contributed by atoms with Gasteiger partial charge in [-0.15, -0.1) is 0 Å². The highest BCUT2D eigenvalue weighted by Gasteiger charge is 2.18. The topological polar surface area (TPSA) is 29.9 Å². The number of hydrogen-bond acceptors (Lipinski definition) is 2. The van der Waals surface area contributed by atoms with E-state index < -0.39 is 0 Å². The third-order valence-electron chi connectivity index (χ3n) is 3.50. The molecule has 0 fully saturated rings. The van der Waals surface area contributed by atoms with Crippen LogP contribution in [0.2, 0.25) is 0 Å². The van der Waals surface area contributed by atoms with Crippen molar-refractivity contribution in [1.82, 2.24) is 14.9 Å². The highest BCUT2D eigenvalue weighted by molar-refractivity contribution is 5.76. The standard InChI is InChI=1S/C16H17N3/c1-17-15(12-8-4-3-5-9-12)16-18-13-10-6-7-11-14(13)19(16)2/h3-11,15,17H,1-2H3. The van der Waals surface area contributed by atoms with E-state index in [1.54, 1.807) is 0 Å². The Morgan fingerprint density at radius 1 is 1.00 bits per heavy atom. The van der Waals surface area contributed by atoms with Gasteiger partial charge in [0.1, 0.15) is 5.82 Å². The van der Waals surface area contributed by atoms with Crippen molar-refractivity contribution in [3.8, 4) is 0 Å². The molecule has 1 atom stereocenters. The van der Waals surface area contributed by atoms with Crippen molar-refractivity contribution < 1.29 is 0 Å². The number of aryl methyl sites for hydroxylation is 1. The van der Waals surface area contributed by atoms with Crippen molar-refractivity contribution in [2.45, 2.75) is 6.04 Å². The molecule has 2 aromatic carbocycles. The molecule has 0 spiro atoms. The molecule has 96 valence electrons. The largest absolute Gasteiger partial charge is 0.330 e. The lowest BCUT2D eigenvalue weighted by molar-refractivity contribution is 0.623. The molecule has 1 aromatic heterocycles. The van der Waals surface area contributed by atoms with Gasteiger partial charge in [-0.25, -0.2) is 4.98 Å². The first kappa shape index (κ1) is 11.9. The minimum atomic E-state index is 0.110. The van der Waals surface area contributed by atoms with Crippen molar-refractivity contribution in [1.29, 1.82) is 0 Å².